The number of hydrogen-bond donors (Lipinski definition) is 2. The van der Waals surface area contributed by atoms with Gasteiger partial charge in [-0.1, -0.05) is 17.7 Å². The number of benzene rings is 1. The Balaban J connectivity index is 2.14. The van der Waals surface area contributed by atoms with E-state index < -0.39 is 57.3 Å². The van der Waals surface area contributed by atoms with Gasteiger partial charge in [-0.3, -0.25) is 13.2 Å². The van der Waals surface area contributed by atoms with Gasteiger partial charge >= 0.3 is 0 Å². The van der Waals surface area contributed by atoms with Crippen LogP contribution in [0, 0.1) is 6.92 Å². The smallest absolute Gasteiger partial charge is 0.297 e. The van der Waals surface area contributed by atoms with E-state index in [4.69, 9.17) is 13.1 Å². The topological polar surface area (TPSA) is 145 Å². The fourth-order valence-electron chi connectivity index (χ4n) is 2.67. The van der Waals surface area contributed by atoms with Crippen molar-refractivity contribution in [3.05, 3.63) is 29.8 Å². The molecule has 158 valence electrons. The number of hydrogen-bond acceptors (Lipinski definition) is 9. The minimum absolute atomic E-state index is 0.0776. The van der Waals surface area contributed by atoms with E-state index in [1.807, 2.05) is 0 Å². The Morgan fingerprint density at radius 1 is 1.25 bits per heavy atom. The predicted octanol–water partition coefficient (Wildman–Crippen LogP) is -0.343. The summed E-state index contributed by atoms with van der Waals surface area (Å²) in [5.41, 5.74) is 0.864. The molecule has 1 fully saturated rings. The molecule has 2 N–H and O–H groups in total. The van der Waals surface area contributed by atoms with Crippen LogP contribution in [0.4, 0.5) is 0 Å². The van der Waals surface area contributed by atoms with Crippen LogP contribution in [0.5, 0.6) is 0 Å². The molecule has 1 aromatic rings. The fourth-order valence-corrected chi connectivity index (χ4v) is 4.24. The van der Waals surface area contributed by atoms with E-state index in [-0.39, 0.29) is 11.3 Å². The maximum atomic E-state index is 12.3. The summed E-state index contributed by atoms with van der Waals surface area (Å²) >= 11 is 0. The molecular formula is C16H23NO9S2. The van der Waals surface area contributed by atoms with Crippen molar-refractivity contribution in [2.75, 3.05) is 12.9 Å². The van der Waals surface area contributed by atoms with E-state index in [0.717, 1.165) is 11.8 Å². The zero-order valence-electron chi connectivity index (χ0n) is 15.6. The summed E-state index contributed by atoms with van der Waals surface area (Å²) in [5.74, 6) is -0.456. The summed E-state index contributed by atoms with van der Waals surface area (Å²) in [6.45, 7) is 2.44. The molecule has 1 heterocycles. The summed E-state index contributed by atoms with van der Waals surface area (Å²) < 4.78 is 62.9. The highest BCUT2D eigenvalue weighted by Gasteiger charge is 2.41. The average Bonchev–Trinajstić information content (AvgIpc) is 2.55. The van der Waals surface area contributed by atoms with Gasteiger partial charge < -0.3 is 15.2 Å². The number of carbonyl (C=O) groups is 1. The lowest BCUT2D eigenvalue weighted by atomic mass is 10.0. The zero-order chi connectivity index (χ0) is 21.1. The van der Waals surface area contributed by atoms with Gasteiger partial charge in [-0.05, 0) is 19.1 Å². The second kappa shape index (κ2) is 8.84. The Hall–Kier alpha value is -1.57. The molecule has 0 bridgehead atoms. The number of aliphatic hydroxyl groups is 1. The molecule has 0 radical (unpaired) electrons. The van der Waals surface area contributed by atoms with Gasteiger partial charge in [0.25, 0.3) is 20.2 Å². The molecule has 1 aliphatic heterocycles. The molecule has 1 aromatic carbocycles. The predicted molar refractivity (Wildman–Crippen MR) is 97.1 cm³/mol. The molecule has 0 spiro atoms. The molecule has 1 aliphatic rings. The number of aryl methyl sites for hydroxylation is 1. The Bertz CT molecular complexity index is 897. The lowest BCUT2D eigenvalue weighted by Gasteiger charge is -2.38. The minimum atomic E-state index is -4.13. The van der Waals surface area contributed by atoms with Crippen LogP contribution in [-0.2, 0) is 38.1 Å². The van der Waals surface area contributed by atoms with Crippen molar-refractivity contribution in [3.63, 3.8) is 0 Å². The van der Waals surface area contributed by atoms with Gasteiger partial charge in [0.15, 0.2) is 6.29 Å². The molecule has 10 nitrogen and oxygen atoms in total. The first-order valence-electron chi connectivity index (χ1n) is 8.32. The third kappa shape index (κ3) is 6.50. The van der Waals surface area contributed by atoms with Gasteiger partial charge in [0.2, 0.25) is 5.91 Å². The third-order valence-electron chi connectivity index (χ3n) is 3.94. The number of amides is 1. The number of rotatable bonds is 7. The van der Waals surface area contributed by atoms with E-state index in [2.05, 4.69) is 5.32 Å². The van der Waals surface area contributed by atoms with Crippen molar-refractivity contribution in [3.8, 4) is 0 Å². The molecular weight excluding hydrogens is 414 g/mol. The third-order valence-corrected chi connectivity index (χ3v) is 5.84. The Morgan fingerprint density at radius 2 is 1.86 bits per heavy atom. The van der Waals surface area contributed by atoms with Gasteiger partial charge in [0.05, 0.1) is 23.8 Å². The van der Waals surface area contributed by atoms with Gasteiger partial charge in [-0.15, -0.1) is 0 Å². The van der Waals surface area contributed by atoms with Crippen molar-refractivity contribution in [1.82, 2.24) is 5.32 Å². The van der Waals surface area contributed by atoms with Crippen LogP contribution in [0.15, 0.2) is 29.2 Å². The summed E-state index contributed by atoms with van der Waals surface area (Å²) in [7, 11) is -8.05. The van der Waals surface area contributed by atoms with Crippen LogP contribution >= 0.6 is 0 Å². The molecule has 0 saturated carbocycles. The molecule has 4 atom stereocenters. The molecule has 12 heteroatoms. The first kappa shape index (κ1) is 22.7. The van der Waals surface area contributed by atoms with Gasteiger partial charge in [-0.2, -0.15) is 16.8 Å². The van der Waals surface area contributed by atoms with E-state index in [1.165, 1.54) is 19.1 Å². The monoisotopic (exact) mass is 437 g/mol. The molecule has 0 aliphatic carbocycles. The van der Waals surface area contributed by atoms with Gasteiger partial charge in [-0.25, -0.2) is 0 Å². The largest absolute Gasteiger partial charge is 0.366 e. The van der Waals surface area contributed by atoms with Crippen LogP contribution < -0.4 is 5.32 Å². The summed E-state index contributed by atoms with van der Waals surface area (Å²) in [6.07, 6.45) is -3.14. The molecule has 1 saturated heterocycles. The van der Waals surface area contributed by atoms with E-state index in [9.17, 15) is 26.7 Å². The number of carbonyl (C=O) groups excluding carboxylic acids is 1. The van der Waals surface area contributed by atoms with Gasteiger partial charge in [0, 0.05) is 13.3 Å². The van der Waals surface area contributed by atoms with Crippen molar-refractivity contribution in [2.24, 2.45) is 0 Å². The second-order valence-corrected chi connectivity index (χ2v) is 9.71. The molecule has 0 unspecified atom stereocenters. The highest BCUT2D eigenvalue weighted by atomic mass is 32.2. The van der Waals surface area contributed by atoms with E-state index in [1.54, 1.807) is 19.1 Å². The normalized spacial score (nSPS) is 26.0. The maximum Gasteiger partial charge on any atom is 0.297 e. The lowest BCUT2D eigenvalue weighted by molar-refractivity contribution is -0.213. The SMILES string of the molecule is CC(=O)N[C@@H]1C[C@H](OS(C)(=O)=O)[C@@H](COS(=O)(=O)c2ccc(C)cc2)O[C@@H]1O. The van der Waals surface area contributed by atoms with Crippen LogP contribution in [0.2, 0.25) is 0 Å². The standard InChI is InChI=1S/C16H23NO9S2/c1-10-4-6-12(7-5-10)28(22,23)24-9-15-14(26-27(3,20)21)8-13(16(19)25-15)17-11(2)18/h4-7,13-16,19H,8-9H2,1-3H3,(H,17,18)/t13-,14+,15-,16+/m1/s1. The number of aliphatic hydroxyl groups excluding tert-OH is 1. The number of nitrogens with one attached hydrogen (secondary N) is 1. The fraction of sp³-hybridized carbons (Fsp3) is 0.562. The summed E-state index contributed by atoms with van der Waals surface area (Å²) in [5, 5.41) is 12.5. The molecule has 28 heavy (non-hydrogen) atoms. The number of ether oxygens (including phenoxy) is 1. The van der Waals surface area contributed by atoms with Crippen LogP contribution in [-0.4, -0.2) is 65.3 Å². The van der Waals surface area contributed by atoms with E-state index in [0.29, 0.717) is 0 Å². The highest BCUT2D eigenvalue weighted by molar-refractivity contribution is 7.86. The van der Waals surface area contributed by atoms with Crippen molar-refractivity contribution in [1.29, 1.82) is 0 Å². The molecule has 0 aromatic heterocycles. The van der Waals surface area contributed by atoms with Crippen molar-refractivity contribution >= 4 is 26.1 Å². The van der Waals surface area contributed by atoms with Gasteiger partial charge in [0.1, 0.15) is 12.2 Å². The van der Waals surface area contributed by atoms with Crippen molar-refractivity contribution < 1.29 is 39.8 Å². The van der Waals surface area contributed by atoms with Crippen LogP contribution in [0.1, 0.15) is 18.9 Å². The summed E-state index contributed by atoms with van der Waals surface area (Å²) in [4.78, 5) is 11.2. The quantitative estimate of drug-likeness (QED) is 0.547. The maximum absolute atomic E-state index is 12.3. The van der Waals surface area contributed by atoms with E-state index >= 15 is 0 Å². The molecule has 1 amide bonds. The second-order valence-electron chi connectivity index (χ2n) is 6.50. The first-order chi connectivity index (χ1) is 12.9. The Kier molecular flexibility index (Phi) is 7.17. The highest BCUT2D eigenvalue weighted by Crippen LogP contribution is 2.25. The Morgan fingerprint density at radius 3 is 2.39 bits per heavy atom. The minimum Gasteiger partial charge on any atom is -0.366 e. The van der Waals surface area contributed by atoms with Crippen LogP contribution in [0.25, 0.3) is 0 Å². The average molecular weight is 437 g/mol. The first-order valence-corrected chi connectivity index (χ1v) is 11.5. The van der Waals surface area contributed by atoms with Crippen molar-refractivity contribution in [2.45, 2.75) is 49.7 Å². The summed E-state index contributed by atoms with van der Waals surface area (Å²) in [6, 6.07) is 5.03. The molecule has 2 rings (SSSR count). The Labute approximate surface area is 164 Å². The lowest BCUT2D eigenvalue weighted by Crippen LogP contribution is -2.56. The zero-order valence-corrected chi connectivity index (χ0v) is 17.2. The van der Waals surface area contributed by atoms with Crippen LogP contribution in [0.3, 0.4) is 0 Å².